The number of likely N-dealkylation sites (N-methyl/N-ethyl adjacent to an activating group) is 1. The van der Waals surface area contributed by atoms with Crippen molar-refractivity contribution in [1.29, 1.82) is 0 Å². The van der Waals surface area contributed by atoms with E-state index in [2.05, 4.69) is 20.4 Å². The topological polar surface area (TPSA) is 96.2 Å². The van der Waals surface area contributed by atoms with E-state index in [9.17, 15) is 4.79 Å². The minimum absolute atomic E-state index is 0.00163. The lowest BCUT2D eigenvalue weighted by Crippen LogP contribution is -2.38. The Morgan fingerprint density at radius 1 is 1.24 bits per heavy atom. The first-order valence-electron chi connectivity index (χ1n) is 10.0. The summed E-state index contributed by atoms with van der Waals surface area (Å²) in [6, 6.07) is 10.1. The SMILES string of the molecule is CN(CCO)C(=O)[C@H]1CC[C@H](Nc2nccc(-n3ncc4ccccc43)n2)CC1. The van der Waals surface area contributed by atoms with Crippen LogP contribution in [0.4, 0.5) is 5.95 Å². The molecule has 0 aliphatic heterocycles. The van der Waals surface area contributed by atoms with Gasteiger partial charge in [0.2, 0.25) is 11.9 Å². The molecule has 1 aliphatic rings. The third-order valence-electron chi connectivity index (χ3n) is 5.56. The highest BCUT2D eigenvalue weighted by atomic mass is 16.3. The second-order valence-electron chi connectivity index (χ2n) is 7.53. The fourth-order valence-corrected chi connectivity index (χ4v) is 3.93. The van der Waals surface area contributed by atoms with Crippen molar-refractivity contribution >= 4 is 22.8 Å². The molecule has 4 rings (SSSR count). The fourth-order valence-electron chi connectivity index (χ4n) is 3.93. The van der Waals surface area contributed by atoms with Crippen molar-refractivity contribution in [3.05, 3.63) is 42.7 Å². The first-order valence-corrected chi connectivity index (χ1v) is 10.0. The molecule has 1 amide bonds. The molecule has 1 fully saturated rings. The van der Waals surface area contributed by atoms with Gasteiger partial charge >= 0.3 is 0 Å². The molecule has 2 N–H and O–H groups in total. The standard InChI is InChI=1S/C21H26N6O2/c1-26(12-13-28)20(29)15-6-8-17(9-7-15)24-21-22-11-10-19(25-21)27-18-5-3-2-4-16(18)14-23-27/h2-5,10-11,14-15,17,28H,6-9,12-13H2,1H3,(H,22,24,25)/t15-,17-. The van der Waals surface area contributed by atoms with E-state index >= 15 is 0 Å². The van der Waals surface area contributed by atoms with Crippen LogP contribution in [0, 0.1) is 5.92 Å². The summed E-state index contributed by atoms with van der Waals surface area (Å²) >= 11 is 0. The van der Waals surface area contributed by atoms with Crippen molar-refractivity contribution < 1.29 is 9.90 Å². The van der Waals surface area contributed by atoms with Crippen molar-refractivity contribution in [3.63, 3.8) is 0 Å². The van der Waals surface area contributed by atoms with Crippen molar-refractivity contribution in [2.75, 3.05) is 25.5 Å². The molecule has 0 bridgehead atoms. The number of aliphatic hydroxyl groups excluding tert-OH is 1. The molecule has 0 saturated heterocycles. The molecule has 0 spiro atoms. The highest BCUT2D eigenvalue weighted by Gasteiger charge is 2.28. The Labute approximate surface area is 169 Å². The largest absolute Gasteiger partial charge is 0.395 e. The summed E-state index contributed by atoms with van der Waals surface area (Å²) in [6.45, 7) is 0.387. The van der Waals surface area contributed by atoms with Crippen LogP contribution in [0.3, 0.4) is 0 Å². The molecule has 2 heterocycles. The van der Waals surface area contributed by atoms with Crippen molar-refractivity contribution in [2.45, 2.75) is 31.7 Å². The van der Waals surface area contributed by atoms with Crippen LogP contribution in [-0.2, 0) is 4.79 Å². The van der Waals surface area contributed by atoms with E-state index in [0.717, 1.165) is 42.4 Å². The second-order valence-corrected chi connectivity index (χ2v) is 7.53. The van der Waals surface area contributed by atoms with Gasteiger partial charge < -0.3 is 15.3 Å². The molecule has 1 aliphatic carbocycles. The predicted molar refractivity (Wildman–Crippen MR) is 111 cm³/mol. The quantitative estimate of drug-likeness (QED) is 0.666. The molecule has 29 heavy (non-hydrogen) atoms. The average Bonchev–Trinajstić information content (AvgIpc) is 3.18. The Morgan fingerprint density at radius 2 is 2.03 bits per heavy atom. The Bertz CT molecular complexity index is 980. The molecule has 8 nitrogen and oxygen atoms in total. The van der Waals surface area contributed by atoms with Gasteiger partial charge in [-0.15, -0.1) is 0 Å². The first-order chi connectivity index (χ1) is 14.2. The molecule has 2 aromatic heterocycles. The number of aliphatic hydroxyl groups is 1. The molecule has 0 atom stereocenters. The van der Waals surface area contributed by atoms with Crippen LogP contribution in [-0.4, -0.2) is 61.9 Å². The molecule has 8 heteroatoms. The van der Waals surface area contributed by atoms with Crippen LogP contribution in [0.1, 0.15) is 25.7 Å². The summed E-state index contributed by atoms with van der Waals surface area (Å²) in [5, 5.41) is 18.0. The molecule has 152 valence electrons. The van der Waals surface area contributed by atoms with Gasteiger partial charge in [-0.1, -0.05) is 18.2 Å². The molecule has 1 saturated carbocycles. The number of rotatable bonds is 6. The van der Waals surface area contributed by atoms with E-state index in [4.69, 9.17) is 5.11 Å². The summed E-state index contributed by atoms with van der Waals surface area (Å²) in [6.07, 6.45) is 7.01. The lowest BCUT2D eigenvalue weighted by Gasteiger charge is -2.30. The van der Waals surface area contributed by atoms with E-state index < -0.39 is 0 Å². The van der Waals surface area contributed by atoms with Crippen molar-refractivity contribution in [2.24, 2.45) is 5.92 Å². The number of carbonyl (C=O) groups excluding carboxylic acids is 1. The highest BCUT2D eigenvalue weighted by Crippen LogP contribution is 2.27. The summed E-state index contributed by atoms with van der Waals surface area (Å²) in [5.74, 6) is 1.46. The zero-order chi connectivity index (χ0) is 20.2. The predicted octanol–water partition coefficient (Wildman–Crippen LogP) is 2.24. The number of hydrogen-bond donors (Lipinski definition) is 2. The number of anilines is 1. The number of carbonyl (C=O) groups is 1. The monoisotopic (exact) mass is 394 g/mol. The minimum atomic E-state index is -0.00163. The molecule has 0 unspecified atom stereocenters. The maximum atomic E-state index is 12.4. The summed E-state index contributed by atoms with van der Waals surface area (Å²) in [5.41, 5.74) is 1.00. The van der Waals surface area contributed by atoms with Gasteiger partial charge in [-0.05, 0) is 31.7 Å². The maximum absolute atomic E-state index is 12.4. The van der Waals surface area contributed by atoms with Gasteiger partial charge in [0.15, 0.2) is 5.82 Å². The Balaban J connectivity index is 1.40. The molecular weight excluding hydrogens is 368 g/mol. The normalized spacial score (nSPS) is 19.2. The number of amides is 1. The Morgan fingerprint density at radius 3 is 2.83 bits per heavy atom. The van der Waals surface area contributed by atoms with Gasteiger partial charge in [-0.3, -0.25) is 4.79 Å². The smallest absolute Gasteiger partial charge is 0.225 e. The zero-order valence-electron chi connectivity index (χ0n) is 16.5. The number of nitrogens with one attached hydrogen (secondary N) is 1. The van der Waals surface area contributed by atoms with Gasteiger partial charge in [0, 0.05) is 43.2 Å². The van der Waals surface area contributed by atoms with Gasteiger partial charge in [0.1, 0.15) is 0 Å². The van der Waals surface area contributed by atoms with Crippen LogP contribution < -0.4 is 5.32 Å². The minimum Gasteiger partial charge on any atom is -0.395 e. The average molecular weight is 394 g/mol. The number of nitrogens with zero attached hydrogens (tertiary/aromatic N) is 5. The van der Waals surface area contributed by atoms with Gasteiger partial charge in [-0.2, -0.15) is 10.1 Å². The van der Waals surface area contributed by atoms with E-state index in [1.54, 1.807) is 18.1 Å². The van der Waals surface area contributed by atoms with Crippen LogP contribution >= 0.6 is 0 Å². The maximum Gasteiger partial charge on any atom is 0.225 e. The van der Waals surface area contributed by atoms with Crippen LogP contribution in [0.2, 0.25) is 0 Å². The molecule has 3 aromatic rings. The van der Waals surface area contributed by atoms with Crippen molar-refractivity contribution in [1.82, 2.24) is 24.6 Å². The molecule has 0 radical (unpaired) electrons. The van der Waals surface area contributed by atoms with E-state index in [0.29, 0.717) is 12.5 Å². The third-order valence-corrected chi connectivity index (χ3v) is 5.56. The van der Waals surface area contributed by atoms with Gasteiger partial charge in [0.05, 0.1) is 18.3 Å². The number of para-hydroxylation sites is 1. The van der Waals surface area contributed by atoms with E-state index in [-0.39, 0.29) is 24.5 Å². The number of aromatic nitrogens is 4. The number of hydrogen-bond acceptors (Lipinski definition) is 6. The summed E-state index contributed by atoms with van der Waals surface area (Å²) < 4.78 is 1.81. The van der Waals surface area contributed by atoms with E-state index in [1.165, 1.54) is 0 Å². The van der Waals surface area contributed by atoms with E-state index in [1.807, 2.05) is 41.2 Å². The van der Waals surface area contributed by atoms with Gasteiger partial charge in [-0.25, -0.2) is 9.67 Å². The molecular formula is C21H26N6O2. The zero-order valence-corrected chi connectivity index (χ0v) is 16.5. The second kappa shape index (κ2) is 8.57. The summed E-state index contributed by atoms with van der Waals surface area (Å²) in [4.78, 5) is 23.0. The van der Waals surface area contributed by atoms with Crippen LogP contribution in [0.5, 0.6) is 0 Å². The third kappa shape index (κ3) is 4.22. The van der Waals surface area contributed by atoms with Crippen LogP contribution in [0.25, 0.3) is 16.7 Å². The fraction of sp³-hybridized carbons (Fsp3) is 0.429. The number of fused-ring (bicyclic) bond motifs is 1. The molecule has 1 aromatic carbocycles. The lowest BCUT2D eigenvalue weighted by molar-refractivity contribution is -0.135. The Hall–Kier alpha value is -3.00. The van der Waals surface area contributed by atoms with Gasteiger partial charge in [0.25, 0.3) is 0 Å². The highest BCUT2D eigenvalue weighted by molar-refractivity contribution is 5.80. The van der Waals surface area contributed by atoms with Crippen LogP contribution in [0.15, 0.2) is 42.7 Å². The number of benzene rings is 1. The Kier molecular flexibility index (Phi) is 5.71. The van der Waals surface area contributed by atoms with Crippen molar-refractivity contribution in [3.8, 4) is 5.82 Å². The first kappa shape index (κ1) is 19.3. The summed E-state index contributed by atoms with van der Waals surface area (Å²) in [7, 11) is 1.75. The lowest BCUT2D eigenvalue weighted by atomic mass is 9.85.